The first-order valence-electron chi connectivity index (χ1n) is 16.7. The van der Waals surface area contributed by atoms with Gasteiger partial charge in [0.1, 0.15) is 16.7 Å². The molecule has 0 aliphatic heterocycles. The third kappa shape index (κ3) is 4.69. The van der Waals surface area contributed by atoms with Crippen molar-refractivity contribution < 1.29 is 8.83 Å². The van der Waals surface area contributed by atoms with Crippen LogP contribution in [-0.4, -0.2) is 9.97 Å². The molecular weight excluding hydrogens is 613 g/mol. The molecule has 0 amide bonds. The smallest absolute Gasteiger partial charge is 0.231 e. The third-order valence-electron chi connectivity index (χ3n) is 9.51. The van der Waals surface area contributed by atoms with E-state index in [1.165, 1.54) is 0 Å². The predicted octanol–water partition coefficient (Wildman–Crippen LogP) is 12.6. The van der Waals surface area contributed by atoms with Crippen molar-refractivity contribution in [3.8, 4) is 56.0 Å². The standard InChI is InChI=1S/C46H28N2O2/c1-2-12-29(13-3-1)30-14-10-19-35(28-30)45-47-43(42-39-21-5-7-25-41(39)50-46(42)48-45)34-18-9-16-32(27-34)31-15-8-17-33(26-31)36-22-11-23-38-37-20-4-6-24-40(37)49-44(36)38/h1-28H. The number of rotatable bonds is 5. The Morgan fingerprint density at radius 3 is 1.70 bits per heavy atom. The topological polar surface area (TPSA) is 52.1 Å². The summed E-state index contributed by atoms with van der Waals surface area (Å²) < 4.78 is 12.8. The van der Waals surface area contributed by atoms with Crippen molar-refractivity contribution in [2.24, 2.45) is 0 Å². The summed E-state index contributed by atoms with van der Waals surface area (Å²) in [5, 5.41) is 4.15. The van der Waals surface area contributed by atoms with Gasteiger partial charge < -0.3 is 8.83 Å². The molecule has 0 atom stereocenters. The number of nitrogens with zero attached hydrogens (tertiary/aromatic N) is 2. The molecule has 0 spiro atoms. The second-order valence-electron chi connectivity index (χ2n) is 12.6. The zero-order valence-corrected chi connectivity index (χ0v) is 26.9. The van der Waals surface area contributed by atoms with Crippen LogP contribution in [0.5, 0.6) is 0 Å². The van der Waals surface area contributed by atoms with Gasteiger partial charge in [-0.3, -0.25) is 0 Å². The van der Waals surface area contributed by atoms with Gasteiger partial charge in [-0.1, -0.05) is 140 Å². The molecule has 234 valence electrons. The van der Waals surface area contributed by atoms with Crippen LogP contribution in [0.1, 0.15) is 0 Å². The number of aromatic nitrogens is 2. The van der Waals surface area contributed by atoms with Crippen LogP contribution >= 0.6 is 0 Å². The fourth-order valence-electron chi connectivity index (χ4n) is 7.12. The molecule has 0 bridgehead atoms. The van der Waals surface area contributed by atoms with Gasteiger partial charge in [-0.15, -0.1) is 0 Å². The molecule has 7 aromatic carbocycles. The van der Waals surface area contributed by atoms with Crippen molar-refractivity contribution in [3.63, 3.8) is 0 Å². The van der Waals surface area contributed by atoms with Crippen LogP contribution in [0.15, 0.2) is 179 Å². The lowest BCUT2D eigenvalue weighted by molar-refractivity contribution is 0.653. The molecule has 0 saturated heterocycles. The average Bonchev–Trinajstić information content (AvgIpc) is 3.77. The van der Waals surface area contributed by atoms with Crippen molar-refractivity contribution in [2.75, 3.05) is 0 Å². The summed E-state index contributed by atoms with van der Waals surface area (Å²) in [6, 6.07) is 58.7. The Bertz CT molecular complexity index is 2880. The molecule has 0 aliphatic rings. The van der Waals surface area contributed by atoms with E-state index in [1.54, 1.807) is 0 Å². The Labute approximate surface area is 287 Å². The second-order valence-corrected chi connectivity index (χ2v) is 12.6. The second kappa shape index (κ2) is 11.4. The van der Waals surface area contributed by atoms with E-state index in [0.717, 1.165) is 88.5 Å². The van der Waals surface area contributed by atoms with Crippen LogP contribution in [0, 0.1) is 0 Å². The first-order chi connectivity index (χ1) is 24.8. The minimum atomic E-state index is 0.572. The number of benzene rings is 7. The molecule has 0 N–H and O–H groups in total. The van der Waals surface area contributed by atoms with Gasteiger partial charge in [0.25, 0.3) is 0 Å². The summed E-state index contributed by atoms with van der Waals surface area (Å²) in [5.74, 6) is 0.621. The van der Waals surface area contributed by atoms with Crippen LogP contribution in [0.3, 0.4) is 0 Å². The molecule has 0 saturated carbocycles. The van der Waals surface area contributed by atoms with Crippen molar-refractivity contribution in [3.05, 3.63) is 170 Å². The largest absolute Gasteiger partial charge is 0.455 e. The van der Waals surface area contributed by atoms with Gasteiger partial charge in [-0.05, 0) is 58.1 Å². The Morgan fingerprint density at radius 2 is 0.900 bits per heavy atom. The molecule has 10 rings (SSSR count). The van der Waals surface area contributed by atoms with E-state index < -0.39 is 0 Å². The number of para-hydroxylation sites is 3. The van der Waals surface area contributed by atoms with Crippen LogP contribution in [-0.2, 0) is 0 Å². The van der Waals surface area contributed by atoms with Crippen LogP contribution in [0.4, 0.5) is 0 Å². The quantitative estimate of drug-likeness (QED) is 0.188. The monoisotopic (exact) mass is 640 g/mol. The van der Waals surface area contributed by atoms with Gasteiger partial charge in [-0.25, -0.2) is 4.98 Å². The van der Waals surface area contributed by atoms with Gasteiger partial charge in [0, 0.05) is 32.8 Å². The molecule has 0 aliphatic carbocycles. The molecule has 4 nitrogen and oxygen atoms in total. The Kier molecular flexibility index (Phi) is 6.46. The Balaban J connectivity index is 1.12. The number of hydrogen-bond acceptors (Lipinski definition) is 4. The van der Waals surface area contributed by atoms with Crippen LogP contribution < -0.4 is 0 Å². The molecule has 0 radical (unpaired) electrons. The maximum absolute atomic E-state index is 6.39. The van der Waals surface area contributed by atoms with E-state index in [2.05, 4.69) is 133 Å². The van der Waals surface area contributed by atoms with E-state index in [9.17, 15) is 0 Å². The van der Waals surface area contributed by atoms with Gasteiger partial charge in [0.05, 0.1) is 11.1 Å². The maximum Gasteiger partial charge on any atom is 0.231 e. The molecule has 10 aromatic rings. The molecule has 4 heteroatoms. The lowest BCUT2D eigenvalue weighted by atomic mass is 9.96. The van der Waals surface area contributed by atoms with Crippen molar-refractivity contribution >= 4 is 44.0 Å². The highest BCUT2D eigenvalue weighted by Gasteiger charge is 2.19. The first-order valence-corrected chi connectivity index (χ1v) is 16.7. The first kappa shape index (κ1) is 28.3. The highest BCUT2D eigenvalue weighted by Crippen LogP contribution is 2.40. The van der Waals surface area contributed by atoms with E-state index in [0.29, 0.717) is 11.5 Å². The summed E-state index contributed by atoms with van der Waals surface area (Å²) in [7, 11) is 0. The van der Waals surface area contributed by atoms with Crippen molar-refractivity contribution in [2.45, 2.75) is 0 Å². The van der Waals surface area contributed by atoms with Gasteiger partial charge in [0.15, 0.2) is 5.82 Å². The van der Waals surface area contributed by atoms with Crippen molar-refractivity contribution in [1.29, 1.82) is 0 Å². The number of fused-ring (bicyclic) bond motifs is 6. The highest BCUT2D eigenvalue weighted by molar-refractivity contribution is 6.11. The van der Waals surface area contributed by atoms with E-state index in [1.807, 2.05) is 36.4 Å². The molecular formula is C46H28N2O2. The molecule has 3 heterocycles. The maximum atomic E-state index is 6.39. The molecule has 50 heavy (non-hydrogen) atoms. The van der Waals surface area contributed by atoms with Crippen LogP contribution in [0.25, 0.3) is 100 Å². The average molecular weight is 641 g/mol. The minimum Gasteiger partial charge on any atom is -0.455 e. The lowest BCUT2D eigenvalue weighted by Gasteiger charge is -2.11. The summed E-state index contributed by atoms with van der Waals surface area (Å²) >= 11 is 0. The van der Waals surface area contributed by atoms with E-state index in [4.69, 9.17) is 18.8 Å². The van der Waals surface area contributed by atoms with E-state index in [-0.39, 0.29) is 0 Å². The Morgan fingerprint density at radius 1 is 0.360 bits per heavy atom. The minimum absolute atomic E-state index is 0.572. The summed E-state index contributed by atoms with van der Waals surface area (Å²) in [6.45, 7) is 0. The van der Waals surface area contributed by atoms with Gasteiger partial charge in [-0.2, -0.15) is 4.98 Å². The summed E-state index contributed by atoms with van der Waals surface area (Å²) in [5.41, 5.74) is 12.5. The normalized spacial score (nSPS) is 11.6. The fraction of sp³-hybridized carbons (Fsp3) is 0. The molecule has 3 aromatic heterocycles. The third-order valence-corrected chi connectivity index (χ3v) is 9.51. The molecule has 0 fully saturated rings. The summed E-state index contributed by atoms with van der Waals surface area (Å²) in [4.78, 5) is 10.3. The highest BCUT2D eigenvalue weighted by atomic mass is 16.3. The van der Waals surface area contributed by atoms with E-state index >= 15 is 0 Å². The fourth-order valence-corrected chi connectivity index (χ4v) is 7.12. The van der Waals surface area contributed by atoms with Crippen molar-refractivity contribution in [1.82, 2.24) is 9.97 Å². The lowest BCUT2D eigenvalue weighted by Crippen LogP contribution is -1.94. The predicted molar refractivity (Wildman–Crippen MR) is 204 cm³/mol. The Hall–Kier alpha value is -6.78. The zero-order valence-electron chi connectivity index (χ0n) is 26.9. The van der Waals surface area contributed by atoms with Gasteiger partial charge in [0.2, 0.25) is 5.71 Å². The van der Waals surface area contributed by atoms with Crippen LogP contribution in [0.2, 0.25) is 0 Å². The van der Waals surface area contributed by atoms with Gasteiger partial charge >= 0.3 is 0 Å². The molecule has 0 unspecified atom stereocenters. The summed E-state index contributed by atoms with van der Waals surface area (Å²) in [6.07, 6.45) is 0. The zero-order chi connectivity index (χ0) is 33.0. The number of hydrogen-bond donors (Lipinski definition) is 0. The SMILES string of the molecule is c1ccc(-c2cccc(-c3nc(-c4cccc(-c5cccc(-c6cccc7c6oc6ccccc67)c5)c4)c4c(n3)oc3ccccc34)c2)cc1. The number of furan rings is 2.